The number of halogens is 3. The van der Waals surface area contributed by atoms with Crippen LogP contribution < -0.4 is 4.74 Å². The molecule has 1 aliphatic carbocycles. The van der Waals surface area contributed by atoms with Crippen LogP contribution in [0.1, 0.15) is 25.7 Å². The normalized spacial score (nSPS) is 22.4. The topological polar surface area (TPSA) is 89.0 Å². The lowest BCUT2D eigenvalue weighted by atomic mass is 9.81. The standard InChI is InChI=1S/C17H22N2O3.C2HF3O2/c20-16(8-13-3-4-13)19-11-17(12-19)14(5-7-22-17)10-21-15-2-1-6-18-9-15;3-2(4,5)1(6)7/h1-2,6,9,13-14H,3-5,7-8,10-12H2;(H,6,7). The number of hydrogen-bond acceptors (Lipinski definition) is 5. The molecule has 0 bridgehead atoms. The Morgan fingerprint density at radius 1 is 1.31 bits per heavy atom. The van der Waals surface area contributed by atoms with Gasteiger partial charge in [-0.2, -0.15) is 13.2 Å². The first kappa shape index (κ1) is 21.4. The van der Waals surface area contributed by atoms with Crippen molar-refractivity contribution >= 4 is 11.9 Å². The molecule has 1 N–H and O–H groups in total. The molecule has 1 spiro atoms. The van der Waals surface area contributed by atoms with Gasteiger partial charge in [0.25, 0.3) is 0 Å². The average Bonchev–Trinajstić information content (AvgIpc) is 3.34. The fourth-order valence-electron chi connectivity index (χ4n) is 3.47. The van der Waals surface area contributed by atoms with E-state index in [-0.39, 0.29) is 5.60 Å². The van der Waals surface area contributed by atoms with E-state index in [1.165, 1.54) is 12.8 Å². The molecular formula is C19H23F3N2O5. The van der Waals surface area contributed by atoms with Crippen molar-refractivity contribution in [3.63, 3.8) is 0 Å². The number of carbonyl (C=O) groups is 2. The summed E-state index contributed by atoms with van der Waals surface area (Å²) in [5.41, 5.74) is -0.165. The first-order chi connectivity index (χ1) is 13.7. The highest BCUT2D eigenvalue weighted by molar-refractivity contribution is 5.78. The van der Waals surface area contributed by atoms with Gasteiger partial charge in [0.2, 0.25) is 5.91 Å². The minimum Gasteiger partial charge on any atom is -0.492 e. The van der Waals surface area contributed by atoms with Gasteiger partial charge in [0.1, 0.15) is 11.4 Å². The maximum Gasteiger partial charge on any atom is 0.490 e. The zero-order valence-corrected chi connectivity index (χ0v) is 15.7. The van der Waals surface area contributed by atoms with E-state index in [0.717, 1.165) is 38.3 Å². The highest BCUT2D eigenvalue weighted by atomic mass is 19.4. The first-order valence-electron chi connectivity index (χ1n) is 9.44. The largest absolute Gasteiger partial charge is 0.492 e. The molecule has 1 saturated carbocycles. The molecule has 1 unspecified atom stereocenters. The highest BCUT2D eigenvalue weighted by Gasteiger charge is 2.54. The van der Waals surface area contributed by atoms with Gasteiger partial charge in [0.05, 0.1) is 25.9 Å². The van der Waals surface area contributed by atoms with E-state index in [1.807, 2.05) is 17.0 Å². The van der Waals surface area contributed by atoms with Crippen LogP contribution in [-0.2, 0) is 14.3 Å². The third kappa shape index (κ3) is 5.59. The van der Waals surface area contributed by atoms with Crippen LogP contribution in [-0.4, -0.2) is 64.9 Å². The third-order valence-electron chi connectivity index (χ3n) is 5.36. The Hall–Kier alpha value is -2.36. The lowest BCUT2D eigenvalue weighted by Gasteiger charge is -2.50. The van der Waals surface area contributed by atoms with Crippen LogP contribution in [0.15, 0.2) is 24.5 Å². The summed E-state index contributed by atoms with van der Waals surface area (Å²) in [7, 11) is 0. The number of aromatic nitrogens is 1. The van der Waals surface area contributed by atoms with E-state index < -0.39 is 12.1 Å². The van der Waals surface area contributed by atoms with Crippen molar-refractivity contribution in [1.82, 2.24) is 9.88 Å². The smallest absolute Gasteiger partial charge is 0.490 e. The second kappa shape index (κ2) is 8.56. The number of carboxylic acids is 1. The van der Waals surface area contributed by atoms with E-state index in [9.17, 15) is 18.0 Å². The maximum absolute atomic E-state index is 12.1. The summed E-state index contributed by atoms with van der Waals surface area (Å²) in [6.07, 6.45) is 2.57. The van der Waals surface area contributed by atoms with Crippen LogP contribution in [0.5, 0.6) is 5.75 Å². The third-order valence-corrected chi connectivity index (χ3v) is 5.36. The van der Waals surface area contributed by atoms with E-state index in [0.29, 0.717) is 24.3 Å². The number of nitrogens with zero attached hydrogens (tertiary/aromatic N) is 2. The summed E-state index contributed by atoms with van der Waals surface area (Å²) in [6.45, 7) is 2.88. The van der Waals surface area contributed by atoms with E-state index >= 15 is 0 Å². The van der Waals surface area contributed by atoms with E-state index in [2.05, 4.69) is 4.98 Å². The van der Waals surface area contributed by atoms with E-state index in [1.54, 1.807) is 12.4 Å². The second-order valence-corrected chi connectivity index (χ2v) is 7.60. The fourth-order valence-corrected chi connectivity index (χ4v) is 3.47. The summed E-state index contributed by atoms with van der Waals surface area (Å²) >= 11 is 0. The minimum atomic E-state index is -5.08. The number of carboxylic acid groups (broad SMARTS) is 1. The van der Waals surface area contributed by atoms with Crippen molar-refractivity contribution < 1.29 is 37.3 Å². The molecule has 1 atom stereocenters. The van der Waals surface area contributed by atoms with Crippen LogP contribution in [0.25, 0.3) is 0 Å². The molecule has 7 nitrogen and oxygen atoms in total. The number of ether oxygens (including phenoxy) is 2. The maximum atomic E-state index is 12.1. The number of carbonyl (C=O) groups excluding carboxylic acids is 1. The molecule has 1 amide bonds. The molecule has 4 rings (SSSR count). The molecule has 1 aromatic rings. The van der Waals surface area contributed by atoms with Gasteiger partial charge in [0, 0.05) is 25.1 Å². The van der Waals surface area contributed by atoms with Gasteiger partial charge in [-0.05, 0) is 37.3 Å². The van der Waals surface area contributed by atoms with Crippen LogP contribution >= 0.6 is 0 Å². The Labute approximate surface area is 165 Å². The summed E-state index contributed by atoms with van der Waals surface area (Å²) in [4.78, 5) is 27.0. The summed E-state index contributed by atoms with van der Waals surface area (Å²) in [6, 6.07) is 3.79. The molecule has 10 heteroatoms. The predicted molar refractivity (Wildman–Crippen MR) is 94.1 cm³/mol. The van der Waals surface area contributed by atoms with Gasteiger partial charge in [-0.3, -0.25) is 9.78 Å². The van der Waals surface area contributed by atoms with Crippen molar-refractivity contribution in [2.45, 2.75) is 37.5 Å². The quantitative estimate of drug-likeness (QED) is 0.794. The lowest BCUT2D eigenvalue weighted by molar-refractivity contribution is -0.192. The molecule has 3 aliphatic rings. The molecular weight excluding hydrogens is 393 g/mol. The Kier molecular flexibility index (Phi) is 6.30. The molecule has 29 heavy (non-hydrogen) atoms. The first-order valence-corrected chi connectivity index (χ1v) is 9.44. The summed E-state index contributed by atoms with van der Waals surface area (Å²) in [5.74, 6) is -0.649. The molecule has 2 saturated heterocycles. The molecule has 0 aromatic carbocycles. The molecule has 2 aliphatic heterocycles. The van der Waals surface area contributed by atoms with Crippen molar-refractivity contribution in [2.75, 3.05) is 26.3 Å². The van der Waals surface area contributed by atoms with Crippen molar-refractivity contribution in [1.29, 1.82) is 0 Å². The van der Waals surface area contributed by atoms with Crippen molar-refractivity contribution in [2.24, 2.45) is 11.8 Å². The van der Waals surface area contributed by atoms with Gasteiger partial charge in [-0.15, -0.1) is 0 Å². The predicted octanol–water partition coefficient (Wildman–Crippen LogP) is 2.51. The number of pyridine rings is 1. The summed E-state index contributed by atoms with van der Waals surface area (Å²) < 4.78 is 43.6. The number of likely N-dealkylation sites (tertiary alicyclic amines) is 1. The van der Waals surface area contributed by atoms with Gasteiger partial charge in [-0.25, -0.2) is 4.79 Å². The Bertz CT molecular complexity index is 718. The zero-order valence-electron chi connectivity index (χ0n) is 15.7. The monoisotopic (exact) mass is 416 g/mol. The number of amides is 1. The Morgan fingerprint density at radius 2 is 2.00 bits per heavy atom. The van der Waals surface area contributed by atoms with Crippen LogP contribution in [0.4, 0.5) is 13.2 Å². The zero-order chi connectivity index (χ0) is 21.1. The highest BCUT2D eigenvalue weighted by Crippen LogP contribution is 2.41. The molecule has 1 aromatic heterocycles. The van der Waals surface area contributed by atoms with Crippen LogP contribution in [0, 0.1) is 11.8 Å². The average molecular weight is 416 g/mol. The second-order valence-electron chi connectivity index (χ2n) is 7.60. The van der Waals surface area contributed by atoms with Crippen molar-refractivity contribution in [3.05, 3.63) is 24.5 Å². The van der Waals surface area contributed by atoms with Crippen LogP contribution in [0.3, 0.4) is 0 Å². The number of hydrogen-bond donors (Lipinski definition) is 1. The van der Waals surface area contributed by atoms with Gasteiger partial charge < -0.3 is 19.5 Å². The molecule has 3 fully saturated rings. The number of aliphatic carboxylic acids is 1. The summed E-state index contributed by atoms with van der Waals surface area (Å²) in [5, 5.41) is 7.12. The Morgan fingerprint density at radius 3 is 2.55 bits per heavy atom. The molecule has 3 heterocycles. The van der Waals surface area contributed by atoms with E-state index in [4.69, 9.17) is 19.4 Å². The van der Waals surface area contributed by atoms with Crippen molar-refractivity contribution in [3.8, 4) is 5.75 Å². The SMILES string of the molecule is O=C(CC1CC1)N1CC2(C1)OCCC2COc1cccnc1.O=C(O)C(F)(F)F. The Balaban J connectivity index is 0.000000298. The fraction of sp³-hybridized carbons (Fsp3) is 0.632. The molecule has 0 radical (unpaired) electrons. The van der Waals surface area contributed by atoms with Gasteiger partial charge in [0.15, 0.2) is 0 Å². The molecule has 160 valence electrons. The van der Waals surface area contributed by atoms with Gasteiger partial charge in [-0.1, -0.05) is 0 Å². The number of alkyl halides is 3. The lowest BCUT2D eigenvalue weighted by Crippen LogP contribution is -2.66. The number of rotatable bonds is 5. The van der Waals surface area contributed by atoms with Crippen LogP contribution in [0.2, 0.25) is 0 Å². The van der Waals surface area contributed by atoms with Gasteiger partial charge >= 0.3 is 12.1 Å². The minimum absolute atomic E-state index is 0.165.